The zero-order chi connectivity index (χ0) is 29.3. The molecule has 1 saturated carbocycles. The van der Waals surface area contributed by atoms with E-state index in [9.17, 15) is 18.3 Å². The van der Waals surface area contributed by atoms with Gasteiger partial charge in [0.2, 0.25) is 0 Å². The molecule has 4 atom stereocenters. The summed E-state index contributed by atoms with van der Waals surface area (Å²) in [6, 6.07) is 5.20. The lowest BCUT2D eigenvalue weighted by atomic mass is 9.94. The number of ether oxygens (including phenoxy) is 1. The van der Waals surface area contributed by atoms with Gasteiger partial charge in [0.25, 0.3) is 0 Å². The number of aromatic hydroxyl groups is 1. The quantitative estimate of drug-likeness (QED) is 0.273. The number of alkyl halides is 2. The topological polar surface area (TPSA) is 74.6 Å². The summed E-state index contributed by atoms with van der Waals surface area (Å²) in [4.78, 5) is 17.1. The van der Waals surface area contributed by atoms with E-state index in [1.807, 2.05) is 0 Å². The van der Waals surface area contributed by atoms with Crippen molar-refractivity contribution in [2.45, 2.75) is 63.0 Å². The van der Waals surface area contributed by atoms with Gasteiger partial charge in [-0.2, -0.15) is 9.97 Å². The number of rotatable bonds is 7. The predicted octanol–water partition coefficient (Wildman–Crippen LogP) is 5.89. The smallest absolute Gasteiger partial charge is 0.319 e. The van der Waals surface area contributed by atoms with Crippen molar-refractivity contribution in [3.8, 4) is 23.0 Å². The van der Waals surface area contributed by atoms with Crippen LogP contribution >= 0.6 is 0 Å². The molecule has 0 radical (unpaired) electrons. The standard InChI is InChI=1S/C31H31F4N5O2/c1-3-19-22(33)6-5-16-9-18(41)10-20(25(16)19)27-26(35)28-21(13-36-27)29(39(2)24-11-23(24)34)38-30(37-28)42-15-31-7-4-8-40(31)14-17(32)12-31/h5-6,9-10,13,17,23-24,41H,3-4,7-8,11-12,14-15H2,1-2H3/t17-,23+,24+,31+/m1/s1. The van der Waals surface area contributed by atoms with Gasteiger partial charge >= 0.3 is 6.01 Å². The maximum atomic E-state index is 16.5. The third kappa shape index (κ3) is 4.31. The highest BCUT2D eigenvalue weighted by atomic mass is 19.1. The lowest BCUT2D eigenvalue weighted by Gasteiger charge is -2.31. The molecule has 0 amide bonds. The van der Waals surface area contributed by atoms with E-state index in [1.54, 1.807) is 18.9 Å². The molecule has 3 aliphatic rings. The molecule has 2 aromatic heterocycles. The van der Waals surface area contributed by atoms with Crippen LogP contribution in [0.25, 0.3) is 32.9 Å². The Labute approximate surface area is 240 Å². The van der Waals surface area contributed by atoms with Gasteiger partial charge in [-0.15, -0.1) is 0 Å². The molecule has 1 N–H and O–H groups in total. The van der Waals surface area contributed by atoms with E-state index in [1.165, 1.54) is 30.5 Å². The number of anilines is 1. The first kappa shape index (κ1) is 27.1. The van der Waals surface area contributed by atoms with Crippen molar-refractivity contribution < 1.29 is 27.4 Å². The van der Waals surface area contributed by atoms with Gasteiger partial charge in [0.05, 0.1) is 17.0 Å². The Morgan fingerprint density at radius 2 is 2.00 bits per heavy atom. The van der Waals surface area contributed by atoms with E-state index in [-0.39, 0.29) is 46.3 Å². The number of benzene rings is 2. The van der Waals surface area contributed by atoms with Gasteiger partial charge in [-0.25, -0.2) is 17.6 Å². The molecule has 7 rings (SSSR count). The fraction of sp³-hybridized carbons (Fsp3) is 0.452. The van der Waals surface area contributed by atoms with E-state index in [0.717, 1.165) is 19.4 Å². The first-order valence-corrected chi connectivity index (χ1v) is 14.4. The van der Waals surface area contributed by atoms with Gasteiger partial charge in [-0.3, -0.25) is 9.88 Å². The van der Waals surface area contributed by atoms with Crippen LogP contribution in [0, 0.1) is 11.6 Å². The van der Waals surface area contributed by atoms with Gasteiger partial charge in [0.1, 0.15) is 47.5 Å². The molecule has 0 bridgehead atoms. The highest BCUT2D eigenvalue weighted by Gasteiger charge is 2.49. The summed E-state index contributed by atoms with van der Waals surface area (Å²) in [5.74, 6) is -1.08. The molecule has 220 valence electrons. The molecule has 42 heavy (non-hydrogen) atoms. The van der Waals surface area contributed by atoms with Crippen molar-refractivity contribution >= 4 is 27.5 Å². The number of aromatic nitrogens is 3. The van der Waals surface area contributed by atoms with Crippen LogP contribution < -0.4 is 9.64 Å². The first-order valence-electron chi connectivity index (χ1n) is 14.4. The second kappa shape index (κ2) is 9.93. The Morgan fingerprint density at radius 1 is 1.19 bits per heavy atom. The van der Waals surface area contributed by atoms with Crippen LogP contribution in [-0.4, -0.2) is 75.6 Å². The number of nitrogens with zero attached hydrogens (tertiary/aromatic N) is 5. The van der Waals surface area contributed by atoms with Crippen molar-refractivity contribution in [3.05, 3.63) is 47.7 Å². The van der Waals surface area contributed by atoms with Gasteiger partial charge in [-0.1, -0.05) is 13.0 Å². The Hall–Kier alpha value is -3.73. The summed E-state index contributed by atoms with van der Waals surface area (Å²) < 4.78 is 65.9. The lowest BCUT2D eigenvalue weighted by molar-refractivity contribution is 0.107. The third-order valence-electron chi connectivity index (χ3n) is 9.15. The van der Waals surface area contributed by atoms with Crippen LogP contribution in [0.2, 0.25) is 0 Å². The van der Waals surface area contributed by atoms with Crippen LogP contribution in [0.3, 0.4) is 0 Å². The van der Waals surface area contributed by atoms with Gasteiger partial charge < -0.3 is 14.7 Å². The van der Waals surface area contributed by atoms with E-state index in [0.29, 0.717) is 42.1 Å². The van der Waals surface area contributed by atoms with Crippen molar-refractivity contribution in [1.82, 2.24) is 19.9 Å². The van der Waals surface area contributed by atoms with Gasteiger partial charge in [-0.05, 0) is 60.3 Å². The van der Waals surface area contributed by atoms with Crippen LogP contribution in [0.4, 0.5) is 23.4 Å². The normalized spacial score (nSPS) is 25.3. The minimum atomic E-state index is -1.03. The molecule has 2 saturated heterocycles. The van der Waals surface area contributed by atoms with Gasteiger partial charge in [0, 0.05) is 38.2 Å². The van der Waals surface area contributed by atoms with Crippen molar-refractivity contribution in [2.75, 3.05) is 31.6 Å². The minimum absolute atomic E-state index is 0.0931. The molecule has 3 fully saturated rings. The number of phenols is 1. The summed E-state index contributed by atoms with van der Waals surface area (Å²) in [5.41, 5.74) is -0.0735. The molecular weight excluding hydrogens is 550 g/mol. The minimum Gasteiger partial charge on any atom is -0.508 e. The predicted molar refractivity (Wildman–Crippen MR) is 151 cm³/mol. The summed E-state index contributed by atoms with van der Waals surface area (Å²) in [6.45, 7) is 3.09. The van der Waals surface area contributed by atoms with Crippen LogP contribution in [0.1, 0.15) is 38.2 Å². The van der Waals surface area contributed by atoms with Crippen molar-refractivity contribution in [1.29, 1.82) is 0 Å². The molecule has 0 unspecified atom stereocenters. The van der Waals surface area contributed by atoms with Gasteiger partial charge in [0.15, 0.2) is 5.82 Å². The fourth-order valence-corrected chi connectivity index (χ4v) is 6.93. The number of hydrogen-bond donors (Lipinski definition) is 1. The number of halogens is 4. The SMILES string of the molecule is CCc1c(F)ccc2cc(O)cc(-c3ncc4c(N(C)[C@H]5C[C@@H]5F)nc(OC[C@@]56CCCN5C[C@H](F)C6)nc4c3F)c12. The molecule has 7 nitrogen and oxygen atoms in total. The van der Waals surface area contributed by atoms with E-state index >= 15 is 4.39 Å². The van der Waals surface area contributed by atoms with E-state index < -0.39 is 35.6 Å². The lowest BCUT2D eigenvalue weighted by Crippen LogP contribution is -2.43. The number of pyridine rings is 1. The Morgan fingerprint density at radius 3 is 2.76 bits per heavy atom. The highest BCUT2D eigenvalue weighted by molar-refractivity contribution is 6.01. The fourth-order valence-electron chi connectivity index (χ4n) is 6.93. The first-order chi connectivity index (χ1) is 20.2. The second-order valence-corrected chi connectivity index (χ2v) is 11.8. The average Bonchev–Trinajstić information content (AvgIpc) is 3.45. The second-order valence-electron chi connectivity index (χ2n) is 11.8. The molecule has 1 aliphatic carbocycles. The molecule has 11 heteroatoms. The third-order valence-corrected chi connectivity index (χ3v) is 9.15. The van der Waals surface area contributed by atoms with Crippen LogP contribution in [0.5, 0.6) is 11.8 Å². The Balaban J connectivity index is 1.37. The van der Waals surface area contributed by atoms with Crippen molar-refractivity contribution in [3.63, 3.8) is 0 Å². The monoisotopic (exact) mass is 581 g/mol. The maximum Gasteiger partial charge on any atom is 0.319 e. The molecule has 4 aromatic rings. The molecule has 2 aliphatic heterocycles. The number of fused-ring (bicyclic) bond motifs is 3. The number of aryl methyl sites for hydroxylation is 1. The molecular formula is C31H31F4N5O2. The summed E-state index contributed by atoms with van der Waals surface area (Å²) in [5, 5.41) is 11.7. The van der Waals surface area contributed by atoms with E-state index in [2.05, 4.69) is 19.9 Å². The molecule has 4 heterocycles. The highest BCUT2D eigenvalue weighted by Crippen LogP contribution is 2.42. The zero-order valence-electron chi connectivity index (χ0n) is 23.4. The Bertz CT molecular complexity index is 1720. The average molecular weight is 582 g/mol. The Kier molecular flexibility index (Phi) is 6.41. The molecule has 0 spiro atoms. The summed E-state index contributed by atoms with van der Waals surface area (Å²) >= 11 is 0. The summed E-state index contributed by atoms with van der Waals surface area (Å²) in [6.07, 6.45) is 2.17. The molecule has 2 aromatic carbocycles. The van der Waals surface area contributed by atoms with E-state index in [4.69, 9.17) is 4.74 Å². The largest absolute Gasteiger partial charge is 0.508 e. The zero-order valence-corrected chi connectivity index (χ0v) is 23.4. The number of hydrogen-bond acceptors (Lipinski definition) is 7. The van der Waals surface area contributed by atoms with Crippen LogP contribution in [0.15, 0.2) is 30.5 Å². The summed E-state index contributed by atoms with van der Waals surface area (Å²) in [7, 11) is 1.68. The maximum absolute atomic E-state index is 16.5. The number of phenolic OH excluding ortho intramolecular Hbond substituents is 1. The van der Waals surface area contributed by atoms with Crippen LogP contribution in [-0.2, 0) is 6.42 Å². The van der Waals surface area contributed by atoms with Crippen molar-refractivity contribution in [2.24, 2.45) is 0 Å².